The average Bonchev–Trinajstić information content (AvgIpc) is 3.36. The first-order valence-corrected chi connectivity index (χ1v) is 9.75. The van der Waals surface area contributed by atoms with Crippen LogP contribution in [0, 0.1) is 11.3 Å². The van der Waals surface area contributed by atoms with Gasteiger partial charge in [-0.3, -0.25) is 4.79 Å². The van der Waals surface area contributed by atoms with Crippen LogP contribution in [0.3, 0.4) is 0 Å². The zero-order chi connectivity index (χ0) is 18.7. The van der Waals surface area contributed by atoms with Crippen molar-refractivity contribution in [1.82, 2.24) is 15.5 Å². The maximum atomic E-state index is 12.3. The molecule has 0 atom stereocenters. The first-order chi connectivity index (χ1) is 13.2. The lowest BCUT2D eigenvalue weighted by molar-refractivity contribution is -0.120. The second kappa shape index (κ2) is 7.48. The van der Waals surface area contributed by atoms with Crippen LogP contribution in [-0.4, -0.2) is 34.2 Å². The standard InChI is InChI=1S/C18H18N4O4S/c19-10-18(6-2-1-3-7-18)20-15(23)9-27-17-22-21-16(26-17)12-4-5-13-14(8-12)25-11-24-13/h4-5,8H,1-3,6-7,9,11H2,(H,20,23). The monoisotopic (exact) mass is 386 g/mol. The van der Waals surface area contributed by atoms with Crippen molar-refractivity contribution in [2.24, 2.45) is 0 Å². The smallest absolute Gasteiger partial charge is 0.277 e. The van der Waals surface area contributed by atoms with Crippen molar-refractivity contribution in [2.75, 3.05) is 12.5 Å². The van der Waals surface area contributed by atoms with Crippen molar-refractivity contribution < 1.29 is 18.7 Å². The molecule has 8 nitrogen and oxygen atoms in total. The fourth-order valence-electron chi connectivity index (χ4n) is 3.26. The topological polar surface area (TPSA) is 110 Å². The Morgan fingerprint density at radius 1 is 1.22 bits per heavy atom. The third kappa shape index (κ3) is 3.85. The highest BCUT2D eigenvalue weighted by atomic mass is 32.2. The van der Waals surface area contributed by atoms with E-state index in [2.05, 4.69) is 21.6 Å². The number of thioether (sulfide) groups is 1. The largest absolute Gasteiger partial charge is 0.454 e. The molecule has 0 spiro atoms. The minimum Gasteiger partial charge on any atom is -0.454 e. The first-order valence-electron chi connectivity index (χ1n) is 8.76. The third-order valence-corrected chi connectivity index (χ3v) is 5.47. The molecule has 0 unspecified atom stereocenters. The van der Waals surface area contributed by atoms with Gasteiger partial charge in [0.2, 0.25) is 18.6 Å². The van der Waals surface area contributed by atoms with Gasteiger partial charge in [-0.2, -0.15) is 5.26 Å². The summed E-state index contributed by atoms with van der Waals surface area (Å²) < 4.78 is 16.2. The van der Waals surface area contributed by atoms with Gasteiger partial charge in [0.25, 0.3) is 5.22 Å². The molecular weight excluding hydrogens is 368 g/mol. The number of aromatic nitrogens is 2. The van der Waals surface area contributed by atoms with Gasteiger partial charge in [0, 0.05) is 5.56 Å². The van der Waals surface area contributed by atoms with Gasteiger partial charge in [0.05, 0.1) is 11.8 Å². The molecule has 1 aliphatic heterocycles. The van der Waals surface area contributed by atoms with Gasteiger partial charge in [0.15, 0.2) is 11.5 Å². The van der Waals surface area contributed by atoms with Crippen molar-refractivity contribution in [2.45, 2.75) is 42.9 Å². The number of carbonyl (C=O) groups excluding carboxylic acids is 1. The molecule has 1 N–H and O–H groups in total. The molecule has 2 heterocycles. The Morgan fingerprint density at radius 2 is 2.04 bits per heavy atom. The van der Waals surface area contributed by atoms with Crippen LogP contribution in [0.5, 0.6) is 11.5 Å². The number of nitriles is 1. The zero-order valence-electron chi connectivity index (χ0n) is 14.6. The fraction of sp³-hybridized carbons (Fsp3) is 0.444. The Balaban J connectivity index is 1.35. The number of benzene rings is 1. The molecule has 0 radical (unpaired) electrons. The molecule has 1 aromatic heterocycles. The Labute approximate surface area is 160 Å². The average molecular weight is 386 g/mol. The molecule has 0 saturated heterocycles. The van der Waals surface area contributed by atoms with E-state index >= 15 is 0 Å². The number of rotatable bonds is 5. The molecule has 2 aliphatic rings. The van der Waals surface area contributed by atoms with E-state index in [-0.39, 0.29) is 18.5 Å². The summed E-state index contributed by atoms with van der Waals surface area (Å²) in [6, 6.07) is 7.65. The highest BCUT2D eigenvalue weighted by molar-refractivity contribution is 7.99. The maximum absolute atomic E-state index is 12.3. The van der Waals surface area contributed by atoms with E-state index in [1.54, 1.807) is 12.1 Å². The van der Waals surface area contributed by atoms with E-state index < -0.39 is 5.54 Å². The quantitative estimate of drug-likeness (QED) is 0.781. The van der Waals surface area contributed by atoms with E-state index in [4.69, 9.17) is 13.9 Å². The summed E-state index contributed by atoms with van der Waals surface area (Å²) in [6.45, 7) is 0.197. The predicted octanol–water partition coefficient (Wildman–Crippen LogP) is 2.90. The number of ether oxygens (including phenoxy) is 2. The van der Waals surface area contributed by atoms with E-state index in [0.29, 0.717) is 41.0 Å². The van der Waals surface area contributed by atoms with Crippen LogP contribution in [0.15, 0.2) is 27.8 Å². The number of fused-ring (bicyclic) bond motifs is 1. The van der Waals surface area contributed by atoms with Crippen LogP contribution in [0.1, 0.15) is 32.1 Å². The van der Waals surface area contributed by atoms with E-state index in [1.807, 2.05) is 6.07 Å². The second-order valence-electron chi connectivity index (χ2n) is 6.53. The van der Waals surface area contributed by atoms with Crippen LogP contribution >= 0.6 is 11.8 Å². The SMILES string of the molecule is N#CC1(NC(=O)CSc2nnc(-c3ccc4c(c3)OCO4)o2)CCCCC1. The molecule has 1 saturated carbocycles. The van der Waals surface area contributed by atoms with E-state index in [0.717, 1.165) is 31.0 Å². The van der Waals surface area contributed by atoms with E-state index in [9.17, 15) is 10.1 Å². The summed E-state index contributed by atoms with van der Waals surface area (Å²) in [5.41, 5.74) is -0.0174. The van der Waals surface area contributed by atoms with Crippen molar-refractivity contribution >= 4 is 17.7 Å². The van der Waals surface area contributed by atoms with Crippen molar-refractivity contribution in [3.63, 3.8) is 0 Å². The summed E-state index contributed by atoms with van der Waals surface area (Å²) in [7, 11) is 0. The predicted molar refractivity (Wildman–Crippen MR) is 96.2 cm³/mol. The minimum absolute atomic E-state index is 0.117. The van der Waals surface area contributed by atoms with Crippen LogP contribution in [-0.2, 0) is 4.79 Å². The van der Waals surface area contributed by atoms with Crippen LogP contribution in [0.25, 0.3) is 11.5 Å². The lowest BCUT2D eigenvalue weighted by Gasteiger charge is -2.31. The molecule has 140 valence electrons. The molecule has 1 amide bonds. The van der Waals surface area contributed by atoms with Crippen molar-refractivity contribution in [3.8, 4) is 29.0 Å². The molecular formula is C18H18N4O4S. The summed E-state index contributed by atoms with van der Waals surface area (Å²) in [6.07, 6.45) is 4.44. The van der Waals surface area contributed by atoms with Gasteiger partial charge in [0.1, 0.15) is 5.54 Å². The zero-order valence-corrected chi connectivity index (χ0v) is 15.4. The molecule has 1 aromatic carbocycles. The number of hydrogen-bond acceptors (Lipinski definition) is 8. The highest BCUT2D eigenvalue weighted by Crippen LogP contribution is 2.36. The van der Waals surface area contributed by atoms with Crippen molar-refractivity contribution in [1.29, 1.82) is 5.26 Å². The van der Waals surface area contributed by atoms with Crippen LogP contribution in [0.2, 0.25) is 0 Å². The Hall–Kier alpha value is -2.73. The normalized spacial score (nSPS) is 17.3. The Kier molecular flexibility index (Phi) is 4.90. The van der Waals surface area contributed by atoms with Crippen LogP contribution < -0.4 is 14.8 Å². The number of carbonyl (C=O) groups is 1. The number of nitrogens with zero attached hydrogens (tertiary/aromatic N) is 3. The number of nitrogens with one attached hydrogen (secondary N) is 1. The molecule has 1 aliphatic carbocycles. The van der Waals surface area contributed by atoms with Gasteiger partial charge in [-0.15, -0.1) is 10.2 Å². The molecule has 1 fully saturated rings. The second-order valence-corrected chi connectivity index (χ2v) is 7.46. The molecule has 2 aromatic rings. The minimum atomic E-state index is -0.734. The first kappa shape index (κ1) is 17.7. The van der Waals surface area contributed by atoms with Gasteiger partial charge < -0.3 is 19.2 Å². The Bertz CT molecular complexity index is 886. The van der Waals surface area contributed by atoms with Gasteiger partial charge in [-0.25, -0.2) is 0 Å². The summed E-state index contributed by atoms with van der Waals surface area (Å²) in [5.74, 6) is 1.57. The highest BCUT2D eigenvalue weighted by Gasteiger charge is 2.33. The summed E-state index contributed by atoms with van der Waals surface area (Å²) >= 11 is 1.15. The summed E-state index contributed by atoms with van der Waals surface area (Å²) in [4.78, 5) is 12.3. The number of hydrogen-bond donors (Lipinski definition) is 1. The lowest BCUT2D eigenvalue weighted by Crippen LogP contribution is -2.49. The van der Waals surface area contributed by atoms with Crippen molar-refractivity contribution in [3.05, 3.63) is 18.2 Å². The van der Waals surface area contributed by atoms with Gasteiger partial charge >= 0.3 is 0 Å². The Morgan fingerprint density at radius 3 is 2.85 bits per heavy atom. The molecule has 27 heavy (non-hydrogen) atoms. The third-order valence-electron chi connectivity index (χ3n) is 4.65. The van der Waals surface area contributed by atoms with Crippen LogP contribution in [0.4, 0.5) is 0 Å². The van der Waals surface area contributed by atoms with Gasteiger partial charge in [-0.1, -0.05) is 31.0 Å². The summed E-state index contributed by atoms with van der Waals surface area (Å²) in [5, 5.41) is 20.6. The van der Waals surface area contributed by atoms with E-state index in [1.165, 1.54) is 0 Å². The lowest BCUT2D eigenvalue weighted by atomic mass is 9.83. The molecule has 9 heteroatoms. The fourth-order valence-corrected chi connectivity index (χ4v) is 3.83. The molecule has 4 rings (SSSR count). The maximum Gasteiger partial charge on any atom is 0.277 e. The van der Waals surface area contributed by atoms with Gasteiger partial charge in [-0.05, 0) is 31.0 Å². The number of amides is 1. The molecule has 0 bridgehead atoms.